The molecule has 1 aliphatic rings. The molecule has 1 aromatic rings. The largest absolute Gasteiger partial charge is 0.481 e. The normalized spacial score (nSPS) is 27.2. The molecule has 0 aromatic carbocycles. The number of hydrogen-bond donors (Lipinski definition) is 1. The van der Waals surface area contributed by atoms with Gasteiger partial charge in [0.2, 0.25) is 0 Å². The Balaban J connectivity index is 2.16. The molecular weight excluding hydrogens is 260 g/mol. The Morgan fingerprint density at radius 3 is 2.53 bits per heavy atom. The highest BCUT2D eigenvalue weighted by atomic mass is 32.2. The molecule has 3 unspecified atom stereocenters. The van der Waals surface area contributed by atoms with Gasteiger partial charge in [-0.25, -0.2) is 9.97 Å². The quantitative estimate of drug-likeness (QED) is 0.862. The van der Waals surface area contributed by atoms with Crippen LogP contribution in [0.4, 0.5) is 0 Å². The van der Waals surface area contributed by atoms with Crippen LogP contribution in [0.3, 0.4) is 0 Å². The molecule has 1 aliphatic carbocycles. The predicted molar refractivity (Wildman–Crippen MR) is 75.3 cm³/mol. The third kappa shape index (κ3) is 3.69. The van der Waals surface area contributed by atoms with E-state index in [9.17, 15) is 9.90 Å². The Morgan fingerprint density at radius 2 is 1.95 bits per heavy atom. The van der Waals surface area contributed by atoms with Crippen molar-refractivity contribution in [2.75, 3.05) is 0 Å². The lowest BCUT2D eigenvalue weighted by Crippen LogP contribution is -2.32. The summed E-state index contributed by atoms with van der Waals surface area (Å²) >= 11 is 1.53. The minimum atomic E-state index is -0.686. The van der Waals surface area contributed by atoms with Gasteiger partial charge in [-0.15, -0.1) is 0 Å². The van der Waals surface area contributed by atoms with Crippen LogP contribution in [0, 0.1) is 25.7 Å². The summed E-state index contributed by atoms with van der Waals surface area (Å²) in [7, 11) is 0. The monoisotopic (exact) mass is 280 g/mol. The van der Waals surface area contributed by atoms with E-state index in [4.69, 9.17) is 0 Å². The molecule has 3 atom stereocenters. The molecule has 2 rings (SSSR count). The summed E-state index contributed by atoms with van der Waals surface area (Å²) in [4.78, 5) is 20.2. The molecule has 4 nitrogen and oxygen atoms in total. The number of thioether (sulfide) groups is 1. The van der Waals surface area contributed by atoms with Crippen LogP contribution in [0.15, 0.2) is 11.2 Å². The van der Waals surface area contributed by atoms with E-state index in [0.29, 0.717) is 11.1 Å². The summed E-state index contributed by atoms with van der Waals surface area (Å²) in [5, 5.41) is 10.1. The first kappa shape index (κ1) is 14.3. The summed E-state index contributed by atoms with van der Waals surface area (Å²) in [6.07, 6.45) is 2.69. The number of aryl methyl sites for hydroxylation is 2. The number of rotatable bonds is 3. The minimum absolute atomic E-state index is 0.0856. The average molecular weight is 280 g/mol. The molecule has 1 fully saturated rings. The fourth-order valence-electron chi connectivity index (χ4n) is 2.62. The molecule has 0 amide bonds. The van der Waals surface area contributed by atoms with E-state index in [1.807, 2.05) is 19.9 Å². The van der Waals surface area contributed by atoms with Crippen molar-refractivity contribution < 1.29 is 9.90 Å². The third-order valence-electron chi connectivity index (χ3n) is 3.59. The van der Waals surface area contributed by atoms with Gasteiger partial charge in [-0.2, -0.15) is 0 Å². The topological polar surface area (TPSA) is 63.1 Å². The van der Waals surface area contributed by atoms with Gasteiger partial charge in [-0.05, 0) is 45.1 Å². The molecule has 1 N–H and O–H groups in total. The third-order valence-corrected chi connectivity index (χ3v) is 4.81. The molecule has 5 heteroatoms. The SMILES string of the molecule is Cc1cc(C)nc(SC2CC(C)CCC2C(=O)O)n1. The van der Waals surface area contributed by atoms with Crippen LogP contribution < -0.4 is 0 Å². The van der Waals surface area contributed by atoms with Gasteiger partial charge in [0.15, 0.2) is 5.16 Å². The van der Waals surface area contributed by atoms with Crippen molar-refractivity contribution in [1.29, 1.82) is 0 Å². The highest BCUT2D eigenvalue weighted by molar-refractivity contribution is 7.99. The van der Waals surface area contributed by atoms with Crippen molar-refractivity contribution in [2.45, 2.75) is 50.4 Å². The first-order chi connectivity index (χ1) is 8.95. The summed E-state index contributed by atoms with van der Waals surface area (Å²) in [5.41, 5.74) is 1.87. The molecule has 0 spiro atoms. The van der Waals surface area contributed by atoms with Crippen LogP contribution in [0.1, 0.15) is 37.6 Å². The zero-order valence-corrected chi connectivity index (χ0v) is 12.4. The summed E-state index contributed by atoms with van der Waals surface area (Å²) in [5.74, 6) is -0.376. The first-order valence-electron chi connectivity index (χ1n) is 6.67. The molecule has 104 valence electrons. The summed E-state index contributed by atoms with van der Waals surface area (Å²) in [6.45, 7) is 6.07. The first-order valence-corrected chi connectivity index (χ1v) is 7.55. The highest BCUT2D eigenvalue weighted by Crippen LogP contribution is 2.38. The standard InChI is InChI=1S/C14H20N2O2S/c1-8-4-5-11(13(17)18)12(6-8)19-14-15-9(2)7-10(3)16-14/h7-8,11-12H,4-6H2,1-3H3,(H,17,18). The number of hydrogen-bond acceptors (Lipinski definition) is 4. The van der Waals surface area contributed by atoms with E-state index in [0.717, 1.165) is 30.7 Å². The predicted octanol–water partition coefficient (Wildman–Crippen LogP) is 3.07. The molecule has 1 heterocycles. The minimum Gasteiger partial charge on any atom is -0.481 e. The molecular formula is C14H20N2O2S. The van der Waals surface area contributed by atoms with Crippen LogP contribution in [-0.2, 0) is 4.79 Å². The molecule has 1 saturated carbocycles. The van der Waals surface area contributed by atoms with Crippen molar-refractivity contribution in [1.82, 2.24) is 9.97 Å². The smallest absolute Gasteiger partial charge is 0.307 e. The van der Waals surface area contributed by atoms with E-state index >= 15 is 0 Å². The second-order valence-electron chi connectivity index (χ2n) is 5.45. The Morgan fingerprint density at radius 1 is 1.32 bits per heavy atom. The van der Waals surface area contributed by atoms with Crippen molar-refractivity contribution >= 4 is 17.7 Å². The molecule has 0 aliphatic heterocycles. The van der Waals surface area contributed by atoms with Crippen molar-refractivity contribution in [2.24, 2.45) is 11.8 Å². The van der Waals surface area contributed by atoms with Crippen LogP contribution >= 0.6 is 11.8 Å². The zero-order chi connectivity index (χ0) is 14.0. The van der Waals surface area contributed by atoms with Crippen molar-refractivity contribution in [3.05, 3.63) is 17.5 Å². The van der Waals surface area contributed by atoms with Crippen LogP contribution in [-0.4, -0.2) is 26.3 Å². The maximum Gasteiger partial charge on any atom is 0.307 e. The van der Waals surface area contributed by atoms with E-state index in [2.05, 4.69) is 16.9 Å². The molecule has 19 heavy (non-hydrogen) atoms. The van der Waals surface area contributed by atoms with Crippen LogP contribution in [0.5, 0.6) is 0 Å². The van der Waals surface area contributed by atoms with Gasteiger partial charge in [0.25, 0.3) is 0 Å². The fourth-order valence-corrected chi connectivity index (χ4v) is 4.13. The second-order valence-corrected chi connectivity index (χ2v) is 6.66. The number of nitrogens with zero attached hydrogens (tertiary/aromatic N) is 2. The van der Waals surface area contributed by atoms with E-state index in [1.165, 1.54) is 11.8 Å². The van der Waals surface area contributed by atoms with E-state index < -0.39 is 5.97 Å². The summed E-state index contributed by atoms with van der Waals surface area (Å²) < 4.78 is 0. The molecule has 0 radical (unpaired) electrons. The Kier molecular flexibility index (Phi) is 4.45. The van der Waals surface area contributed by atoms with Crippen LogP contribution in [0.25, 0.3) is 0 Å². The van der Waals surface area contributed by atoms with Gasteiger partial charge in [-0.1, -0.05) is 18.7 Å². The molecule has 0 bridgehead atoms. The lowest BCUT2D eigenvalue weighted by atomic mass is 9.82. The maximum absolute atomic E-state index is 11.3. The Hall–Kier alpha value is -1.10. The van der Waals surface area contributed by atoms with Crippen LogP contribution in [0.2, 0.25) is 0 Å². The second kappa shape index (κ2) is 5.90. The van der Waals surface area contributed by atoms with Gasteiger partial charge >= 0.3 is 5.97 Å². The van der Waals surface area contributed by atoms with Gasteiger partial charge in [0, 0.05) is 16.6 Å². The Bertz CT molecular complexity index is 458. The number of carbonyl (C=O) groups is 1. The Labute approximate surface area is 118 Å². The van der Waals surface area contributed by atoms with Gasteiger partial charge in [-0.3, -0.25) is 4.79 Å². The average Bonchev–Trinajstić information content (AvgIpc) is 2.26. The highest BCUT2D eigenvalue weighted by Gasteiger charge is 2.34. The lowest BCUT2D eigenvalue weighted by Gasteiger charge is -2.31. The zero-order valence-electron chi connectivity index (χ0n) is 11.6. The lowest BCUT2D eigenvalue weighted by molar-refractivity contribution is -0.142. The van der Waals surface area contributed by atoms with Gasteiger partial charge < -0.3 is 5.11 Å². The van der Waals surface area contributed by atoms with Gasteiger partial charge in [0.1, 0.15) is 0 Å². The number of carboxylic acids is 1. The number of aromatic nitrogens is 2. The van der Waals surface area contributed by atoms with Crippen molar-refractivity contribution in [3.8, 4) is 0 Å². The van der Waals surface area contributed by atoms with E-state index in [1.54, 1.807) is 0 Å². The van der Waals surface area contributed by atoms with Crippen molar-refractivity contribution in [3.63, 3.8) is 0 Å². The fraction of sp³-hybridized carbons (Fsp3) is 0.643. The summed E-state index contributed by atoms with van der Waals surface area (Å²) in [6, 6.07) is 1.93. The molecule has 0 saturated heterocycles. The maximum atomic E-state index is 11.3. The number of aliphatic carboxylic acids is 1. The van der Waals surface area contributed by atoms with Gasteiger partial charge in [0.05, 0.1) is 5.92 Å². The molecule has 1 aromatic heterocycles. The van der Waals surface area contributed by atoms with E-state index in [-0.39, 0.29) is 11.2 Å². The number of carboxylic acid groups (broad SMARTS) is 1.